The lowest BCUT2D eigenvalue weighted by atomic mass is 10.0. The minimum atomic E-state index is 0.290. The highest BCUT2D eigenvalue weighted by Crippen LogP contribution is 2.12. The third-order valence-corrected chi connectivity index (χ3v) is 4.85. The first kappa shape index (κ1) is 20.4. The Morgan fingerprint density at radius 3 is 2.68 bits per heavy atom. The molecule has 2 atom stereocenters. The standard InChI is InChI=1S/C18H36N4O3/c1-15(2)17(22-7-11-23-12-8-22)13-21-18(19-3)20-6-10-24-14-16-5-4-9-25-16/h15-17H,4-14H2,1-3H3,(H2,19,20,21). The van der Waals surface area contributed by atoms with Gasteiger partial charge in [-0.2, -0.15) is 0 Å². The molecule has 7 nitrogen and oxygen atoms in total. The molecule has 0 amide bonds. The van der Waals surface area contributed by atoms with Gasteiger partial charge in [-0.25, -0.2) is 0 Å². The van der Waals surface area contributed by atoms with Crippen LogP contribution in [0.3, 0.4) is 0 Å². The summed E-state index contributed by atoms with van der Waals surface area (Å²) in [4.78, 5) is 6.82. The average molecular weight is 357 g/mol. The fraction of sp³-hybridized carbons (Fsp3) is 0.944. The molecule has 2 aliphatic rings. The summed E-state index contributed by atoms with van der Waals surface area (Å²) in [5, 5.41) is 6.78. The van der Waals surface area contributed by atoms with Crippen molar-refractivity contribution < 1.29 is 14.2 Å². The zero-order valence-corrected chi connectivity index (χ0v) is 16.1. The van der Waals surface area contributed by atoms with Crippen molar-refractivity contribution in [2.24, 2.45) is 10.9 Å². The molecule has 146 valence electrons. The van der Waals surface area contributed by atoms with E-state index < -0.39 is 0 Å². The fourth-order valence-electron chi connectivity index (χ4n) is 3.35. The molecule has 0 radical (unpaired) electrons. The maximum atomic E-state index is 5.68. The number of nitrogens with zero attached hydrogens (tertiary/aromatic N) is 2. The molecule has 2 saturated heterocycles. The van der Waals surface area contributed by atoms with Crippen molar-refractivity contribution in [1.82, 2.24) is 15.5 Å². The van der Waals surface area contributed by atoms with Gasteiger partial charge < -0.3 is 24.8 Å². The Morgan fingerprint density at radius 1 is 1.24 bits per heavy atom. The Labute approximate surface area is 152 Å². The van der Waals surface area contributed by atoms with Crippen molar-refractivity contribution in [3.8, 4) is 0 Å². The highest BCUT2D eigenvalue weighted by molar-refractivity contribution is 5.79. The van der Waals surface area contributed by atoms with Crippen LogP contribution in [0.1, 0.15) is 26.7 Å². The van der Waals surface area contributed by atoms with Crippen molar-refractivity contribution in [3.63, 3.8) is 0 Å². The zero-order chi connectivity index (χ0) is 17.9. The minimum Gasteiger partial charge on any atom is -0.379 e. The van der Waals surface area contributed by atoms with Gasteiger partial charge in [-0.3, -0.25) is 9.89 Å². The first-order valence-electron chi connectivity index (χ1n) is 9.66. The third kappa shape index (κ3) is 7.48. The number of hydrogen-bond acceptors (Lipinski definition) is 5. The second kappa shape index (κ2) is 11.7. The minimum absolute atomic E-state index is 0.290. The molecule has 2 aliphatic heterocycles. The third-order valence-electron chi connectivity index (χ3n) is 4.85. The molecule has 25 heavy (non-hydrogen) atoms. The largest absolute Gasteiger partial charge is 0.379 e. The van der Waals surface area contributed by atoms with Gasteiger partial charge in [-0.05, 0) is 18.8 Å². The SMILES string of the molecule is CN=C(NCCOCC1CCCO1)NCC(C(C)C)N1CCOCC1. The van der Waals surface area contributed by atoms with Crippen molar-refractivity contribution in [2.75, 3.05) is 66.3 Å². The summed E-state index contributed by atoms with van der Waals surface area (Å²) in [5.41, 5.74) is 0. The highest BCUT2D eigenvalue weighted by Gasteiger charge is 2.23. The molecular formula is C18H36N4O3. The lowest BCUT2D eigenvalue weighted by Crippen LogP contribution is -2.52. The molecule has 2 unspecified atom stereocenters. The molecule has 2 heterocycles. The van der Waals surface area contributed by atoms with Crippen LogP contribution >= 0.6 is 0 Å². The molecule has 7 heteroatoms. The van der Waals surface area contributed by atoms with Gasteiger partial charge in [0, 0.05) is 45.9 Å². The average Bonchev–Trinajstić information content (AvgIpc) is 3.14. The van der Waals surface area contributed by atoms with Crippen LogP contribution in [0.25, 0.3) is 0 Å². The summed E-state index contributed by atoms with van der Waals surface area (Å²) in [7, 11) is 1.81. The van der Waals surface area contributed by atoms with E-state index in [0.717, 1.165) is 64.8 Å². The van der Waals surface area contributed by atoms with E-state index in [4.69, 9.17) is 14.2 Å². The number of guanidine groups is 1. The molecular weight excluding hydrogens is 320 g/mol. The van der Waals surface area contributed by atoms with Crippen molar-refractivity contribution >= 4 is 5.96 Å². The van der Waals surface area contributed by atoms with Crippen LogP contribution in [0.4, 0.5) is 0 Å². The van der Waals surface area contributed by atoms with Gasteiger partial charge in [-0.1, -0.05) is 13.8 Å². The summed E-state index contributed by atoms with van der Waals surface area (Å²) in [6.45, 7) is 12.1. The lowest BCUT2D eigenvalue weighted by Gasteiger charge is -2.37. The molecule has 2 N–H and O–H groups in total. The Balaban J connectivity index is 1.62. The molecule has 0 aromatic rings. The van der Waals surface area contributed by atoms with Crippen LogP contribution in [0.15, 0.2) is 4.99 Å². The van der Waals surface area contributed by atoms with Gasteiger partial charge in [0.15, 0.2) is 5.96 Å². The monoisotopic (exact) mass is 356 g/mol. The van der Waals surface area contributed by atoms with E-state index in [2.05, 4.69) is 34.4 Å². The van der Waals surface area contributed by atoms with Crippen molar-refractivity contribution in [2.45, 2.75) is 38.8 Å². The Morgan fingerprint density at radius 2 is 2.04 bits per heavy atom. The second-order valence-electron chi connectivity index (χ2n) is 7.05. The molecule has 0 saturated carbocycles. The molecule has 0 spiro atoms. The number of rotatable bonds is 9. The second-order valence-corrected chi connectivity index (χ2v) is 7.05. The van der Waals surface area contributed by atoms with Gasteiger partial charge in [0.05, 0.1) is 32.5 Å². The smallest absolute Gasteiger partial charge is 0.191 e. The van der Waals surface area contributed by atoms with E-state index in [0.29, 0.717) is 25.2 Å². The first-order chi connectivity index (χ1) is 12.2. The number of nitrogens with one attached hydrogen (secondary N) is 2. The predicted octanol–water partition coefficient (Wildman–Crippen LogP) is 0.704. The lowest BCUT2D eigenvalue weighted by molar-refractivity contribution is 0.00748. The van der Waals surface area contributed by atoms with Crippen molar-refractivity contribution in [3.05, 3.63) is 0 Å². The Bertz CT molecular complexity index is 381. The maximum absolute atomic E-state index is 5.68. The van der Waals surface area contributed by atoms with Crippen LogP contribution in [0.5, 0.6) is 0 Å². The van der Waals surface area contributed by atoms with E-state index in [1.165, 1.54) is 0 Å². The van der Waals surface area contributed by atoms with E-state index in [9.17, 15) is 0 Å². The van der Waals surface area contributed by atoms with Gasteiger partial charge in [0.2, 0.25) is 0 Å². The van der Waals surface area contributed by atoms with Gasteiger partial charge >= 0.3 is 0 Å². The van der Waals surface area contributed by atoms with Crippen LogP contribution in [0, 0.1) is 5.92 Å². The molecule has 0 bridgehead atoms. The van der Waals surface area contributed by atoms with Crippen LogP contribution in [-0.4, -0.2) is 89.3 Å². The topological polar surface area (TPSA) is 67.4 Å². The van der Waals surface area contributed by atoms with Crippen LogP contribution < -0.4 is 10.6 Å². The number of hydrogen-bond donors (Lipinski definition) is 2. The normalized spacial score (nSPS) is 23.8. The van der Waals surface area contributed by atoms with Gasteiger partial charge in [0.25, 0.3) is 0 Å². The van der Waals surface area contributed by atoms with E-state index in [1.807, 2.05) is 7.05 Å². The van der Waals surface area contributed by atoms with E-state index >= 15 is 0 Å². The first-order valence-corrected chi connectivity index (χ1v) is 9.66. The van der Waals surface area contributed by atoms with Crippen LogP contribution in [-0.2, 0) is 14.2 Å². The number of morpholine rings is 1. The molecule has 2 rings (SSSR count). The number of ether oxygens (including phenoxy) is 3. The molecule has 2 fully saturated rings. The predicted molar refractivity (Wildman–Crippen MR) is 100 cm³/mol. The molecule has 0 aromatic heterocycles. The summed E-state index contributed by atoms with van der Waals surface area (Å²) in [6, 6.07) is 0.484. The Hall–Kier alpha value is -0.890. The summed E-state index contributed by atoms with van der Waals surface area (Å²) < 4.78 is 16.7. The Kier molecular flexibility index (Phi) is 9.54. The van der Waals surface area contributed by atoms with Gasteiger partial charge in [0.1, 0.15) is 0 Å². The maximum Gasteiger partial charge on any atom is 0.191 e. The quantitative estimate of drug-likeness (QED) is 0.360. The number of aliphatic imine (C=N–C) groups is 1. The van der Waals surface area contributed by atoms with Gasteiger partial charge in [-0.15, -0.1) is 0 Å². The fourth-order valence-corrected chi connectivity index (χ4v) is 3.35. The van der Waals surface area contributed by atoms with Crippen molar-refractivity contribution in [1.29, 1.82) is 0 Å². The van der Waals surface area contributed by atoms with E-state index in [-0.39, 0.29) is 6.10 Å². The molecule has 0 aromatic carbocycles. The van der Waals surface area contributed by atoms with E-state index in [1.54, 1.807) is 0 Å². The summed E-state index contributed by atoms with van der Waals surface area (Å²) in [5.74, 6) is 1.41. The van der Waals surface area contributed by atoms with Crippen LogP contribution in [0.2, 0.25) is 0 Å². The summed E-state index contributed by atoms with van der Waals surface area (Å²) in [6.07, 6.45) is 2.57. The zero-order valence-electron chi connectivity index (χ0n) is 16.1. The highest BCUT2D eigenvalue weighted by atomic mass is 16.5. The summed E-state index contributed by atoms with van der Waals surface area (Å²) >= 11 is 0. The molecule has 0 aliphatic carbocycles.